The second-order valence-electron chi connectivity index (χ2n) is 7.94. The minimum absolute atomic E-state index is 0.730. The molecule has 0 saturated carbocycles. The number of morpholine rings is 2. The lowest BCUT2D eigenvalue weighted by molar-refractivity contribution is 0.0701. The summed E-state index contributed by atoms with van der Waals surface area (Å²) >= 11 is 0. The van der Waals surface area contributed by atoms with Crippen molar-refractivity contribution in [1.82, 2.24) is 9.88 Å². The first kappa shape index (κ1) is 20.0. The van der Waals surface area contributed by atoms with Crippen LogP contribution in [0, 0.1) is 0 Å². The summed E-state index contributed by atoms with van der Waals surface area (Å²) in [5, 5.41) is 2.40. The monoisotopic (exact) mass is 416 g/mol. The quantitative estimate of drug-likeness (QED) is 0.469. The maximum Gasteiger partial charge on any atom is 0.160 e. The van der Waals surface area contributed by atoms with Crippen molar-refractivity contribution < 1.29 is 9.47 Å². The molecule has 6 heteroatoms. The zero-order valence-corrected chi connectivity index (χ0v) is 17.7. The lowest BCUT2D eigenvalue weighted by Gasteiger charge is -2.29. The van der Waals surface area contributed by atoms with Crippen LogP contribution in [0.3, 0.4) is 0 Å². The van der Waals surface area contributed by atoms with Gasteiger partial charge in [-0.2, -0.15) is 0 Å². The molecule has 2 saturated heterocycles. The van der Waals surface area contributed by atoms with Gasteiger partial charge < -0.3 is 19.3 Å². The molecule has 5 rings (SSSR count). The van der Waals surface area contributed by atoms with E-state index in [1.54, 1.807) is 0 Å². The zero-order valence-electron chi connectivity index (χ0n) is 17.7. The van der Waals surface area contributed by atoms with Gasteiger partial charge in [0.25, 0.3) is 0 Å². The van der Waals surface area contributed by atoms with Crippen molar-refractivity contribution in [3.05, 3.63) is 65.7 Å². The van der Waals surface area contributed by atoms with Crippen LogP contribution in [0.15, 0.2) is 59.6 Å². The number of hydrogen-bond donors (Lipinski definition) is 0. The number of aromatic nitrogens is 1. The topological polar surface area (TPSA) is 50.2 Å². The smallest absolute Gasteiger partial charge is 0.160 e. The molecule has 0 bridgehead atoms. The maximum absolute atomic E-state index is 5.58. The number of pyridine rings is 1. The van der Waals surface area contributed by atoms with E-state index in [9.17, 15) is 0 Å². The predicted octanol–water partition coefficient (Wildman–Crippen LogP) is 3.65. The lowest BCUT2D eigenvalue weighted by Crippen LogP contribution is -2.37. The van der Waals surface area contributed by atoms with E-state index in [-0.39, 0.29) is 0 Å². The summed E-state index contributed by atoms with van der Waals surface area (Å²) in [6, 6.07) is 19.1. The fourth-order valence-corrected chi connectivity index (χ4v) is 4.22. The number of rotatable bonds is 5. The van der Waals surface area contributed by atoms with Crippen LogP contribution in [0.1, 0.15) is 11.1 Å². The van der Waals surface area contributed by atoms with Crippen molar-refractivity contribution in [2.45, 2.75) is 6.42 Å². The molecule has 0 atom stereocenters. The fraction of sp³-hybridized carbons (Fsp3) is 0.360. The van der Waals surface area contributed by atoms with Crippen molar-refractivity contribution in [2.24, 2.45) is 4.99 Å². The van der Waals surface area contributed by atoms with E-state index in [2.05, 4.69) is 64.4 Å². The van der Waals surface area contributed by atoms with E-state index in [1.165, 1.54) is 21.9 Å². The molecule has 0 radical (unpaired) electrons. The highest BCUT2D eigenvalue weighted by Crippen LogP contribution is 2.35. The number of anilines is 1. The normalized spacial score (nSPS) is 17.5. The minimum Gasteiger partial charge on any atom is -0.378 e. The Morgan fingerprint density at radius 3 is 2.19 bits per heavy atom. The number of ether oxygens (including phenoxy) is 2. The van der Waals surface area contributed by atoms with Crippen LogP contribution in [-0.2, 0) is 15.9 Å². The molecule has 0 spiro atoms. The molecular weight excluding hydrogens is 388 g/mol. The van der Waals surface area contributed by atoms with Crippen LogP contribution in [0.4, 0.5) is 11.6 Å². The van der Waals surface area contributed by atoms with Gasteiger partial charge in [-0.05, 0) is 10.9 Å². The largest absolute Gasteiger partial charge is 0.378 e. The molecule has 0 aliphatic carbocycles. The number of hydrogen-bond acceptors (Lipinski definition) is 5. The summed E-state index contributed by atoms with van der Waals surface area (Å²) in [7, 11) is 0. The molecule has 1 aromatic heterocycles. The summed E-state index contributed by atoms with van der Waals surface area (Å²) in [6.45, 7) is 6.37. The molecule has 2 aliphatic rings. The Balaban J connectivity index is 1.61. The van der Waals surface area contributed by atoms with Gasteiger partial charge in [0.1, 0.15) is 5.82 Å². The number of nitrogens with zero attached hydrogens (tertiary/aromatic N) is 4. The molecule has 3 heterocycles. The summed E-state index contributed by atoms with van der Waals surface area (Å²) in [5.41, 5.74) is 2.43. The molecule has 3 aromatic rings. The molecule has 6 nitrogen and oxygen atoms in total. The van der Waals surface area contributed by atoms with Gasteiger partial charge in [-0.25, -0.2) is 9.98 Å². The van der Waals surface area contributed by atoms with Gasteiger partial charge in [0, 0.05) is 43.5 Å². The molecule has 0 unspecified atom stereocenters. The summed E-state index contributed by atoms with van der Waals surface area (Å²) in [6.07, 6.45) is 2.74. The Hall–Kier alpha value is -2.96. The van der Waals surface area contributed by atoms with Gasteiger partial charge in [0.05, 0.1) is 32.8 Å². The Bertz CT molecular complexity index is 1040. The lowest BCUT2D eigenvalue weighted by atomic mass is 9.99. The zero-order chi connectivity index (χ0) is 20.9. The van der Waals surface area contributed by atoms with Crippen LogP contribution in [0.5, 0.6) is 0 Å². The highest BCUT2D eigenvalue weighted by molar-refractivity contribution is 5.97. The summed E-state index contributed by atoms with van der Waals surface area (Å²) in [5.74, 6) is 1.81. The van der Waals surface area contributed by atoms with Crippen molar-refractivity contribution in [3.63, 3.8) is 0 Å². The van der Waals surface area contributed by atoms with Crippen LogP contribution >= 0.6 is 0 Å². The van der Waals surface area contributed by atoms with Crippen LogP contribution < -0.4 is 4.90 Å². The maximum atomic E-state index is 5.58. The summed E-state index contributed by atoms with van der Waals surface area (Å²) < 4.78 is 11.0. The second kappa shape index (κ2) is 9.45. The SMILES string of the molecule is C(=N\c1nc(N2CCOCC2)c2ccccc2c1Cc1ccccc1)/N1CCOCC1. The van der Waals surface area contributed by atoms with Crippen LogP contribution in [0.25, 0.3) is 10.8 Å². The van der Waals surface area contributed by atoms with E-state index in [0.717, 1.165) is 70.7 Å². The van der Waals surface area contributed by atoms with E-state index < -0.39 is 0 Å². The molecule has 0 amide bonds. The average molecular weight is 417 g/mol. The first-order valence-electron chi connectivity index (χ1n) is 11.0. The molecule has 2 aromatic carbocycles. The van der Waals surface area contributed by atoms with Crippen LogP contribution in [-0.4, -0.2) is 68.8 Å². The van der Waals surface area contributed by atoms with Crippen molar-refractivity contribution >= 4 is 28.7 Å². The first-order chi connectivity index (χ1) is 15.4. The fourth-order valence-electron chi connectivity index (χ4n) is 4.22. The molecule has 2 aliphatic heterocycles. The second-order valence-corrected chi connectivity index (χ2v) is 7.94. The van der Waals surface area contributed by atoms with Gasteiger partial charge in [-0.15, -0.1) is 0 Å². The molecule has 31 heavy (non-hydrogen) atoms. The van der Waals surface area contributed by atoms with E-state index in [1.807, 2.05) is 6.34 Å². The Labute approximate surface area is 183 Å². The molecule has 2 fully saturated rings. The van der Waals surface area contributed by atoms with Crippen molar-refractivity contribution in [3.8, 4) is 0 Å². The third-order valence-electron chi connectivity index (χ3n) is 5.90. The number of benzene rings is 2. The third-order valence-corrected chi connectivity index (χ3v) is 5.90. The van der Waals surface area contributed by atoms with Crippen molar-refractivity contribution in [1.29, 1.82) is 0 Å². The van der Waals surface area contributed by atoms with E-state index in [0.29, 0.717) is 0 Å². The molecule has 160 valence electrons. The van der Waals surface area contributed by atoms with Crippen LogP contribution in [0.2, 0.25) is 0 Å². The van der Waals surface area contributed by atoms with E-state index in [4.69, 9.17) is 19.5 Å². The standard InChI is InChI=1S/C25H28N4O2/c1-2-6-20(7-3-1)18-23-21-8-4-5-9-22(21)25(29-12-16-31-17-13-29)27-24(23)26-19-28-10-14-30-15-11-28/h1-9,19H,10-18H2/b26-19+. The Kier molecular flexibility index (Phi) is 6.09. The minimum atomic E-state index is 0.730. The first-order valence-corrected chi connectivity index (χ1v) is 11.0. The van der Waals surface area contributed by atoms with Gasteiger partial charge in [0.2, 0.25) is 0 Å². The Morgan fingerprint density at radius 1 is 0.806 bits per heavy atom. The highest BCUT2D eigenvalue weighted by Gasteiger charge is 2.20. The van der Waals surface area contributed by atoms with Gasteiger partial charge in [0.15, 0.2) is 5.82 Å². The van der Waals surface area contributed by atoms with Gasteiger partial charge in [-0.3, -0.25) is 0 Å². The molecular formula is C25H28N4O2. The average Bonchev–Trinajstić information content (AvgIpc) is 2.85. The van der Waals surface area contributed by atoms with Crippen molar-refractivity contribution in [2.75, 3.05) is 57.5 Å². The van der Waals surface area contributed by atoms with E-state index >= 15 is 0 Å². The number of aliphatic imine (C=N–C) groups is 1. The van der Waals surface area contributed by atoms with Gasteiger partial charge >= 0.3 is 0 Å². The highest BCUT2D eigenvalue weighted by atomic mass is 16.5. The van der Waals surface area contributed by atoms with Gasteiger partial charge in [-0.1, -0.05) is 54.6 Å². The Morgan fingerprint density at radius 2 is 1.45 bits per heavy atom. The predicted molar refractivity (Wildman–Crippen MR) is 125 cm³/mol. The summed E-state index contributed by atoms with van der Waals surface area (Å²) in [4.78, 5) is 14.6. The number of fused-ring (bicyclic) bond motifs is 1. The molecule has 0 N–H and O–H groups in total. The third kappa shape index (κ3) is 4.55.